The highest BCUT2D eigenvalue weighted by molar-refractivity contribution is 9.10. The number of anilines is 1. The maximum absolute atomic E-state index is 5.57. The Hall–Kier alpha value is -0.880. The fraction of sp³-hybridized carbons (Fsp3) is 0.143. The number of halogens is 1. The molecule has 0 atom stereocenters. The van der Waals surface area contributed by atoms with Crippen LogP contribution in [0, 0.1) is 0 Å². The van der Waals surface area contributed by atoms with E-state index in [-0.39, 0.29) is 0 Å². The number of hydrogen-bond donors (Lipinski definition) is 1. The maximum Gasteiger partial charge on any atom is 0.159 e. The zero-order valence-corrected chi connectivity index (χ0v) is 9.05. The maximum atomic E-state index is 5.57. The van der Waals surface area contributed by atoms with Gasteiger partial charge in [0.2, 0.25) is 0 Å². The molecule has 2 aromatic rings. The molecule has 13 heavy (non-hydrogen) atoms. The summed E-state index contributed by atoms with van der Waals surface area (Å²) in [6.45, 7) is 0.674. The molecule has 2 rings (SSSR count). The number of rotatable bonds is 2. The second-order valence-electron chi connectivity index (χ2n) is 2.49. The van der Waals surface area contributed by atoms with E-state index in [1.54, 1.807) is 22.2 Å². The molecule has 6 heteroatoms. The van der Waals surface area contributed by atoms with E-state index in [0.29, 0.717) is 12.4 Å². The number of nitrogen functional groups attached to an aromatic ring is 1. The van der Waals surface area contributed by atoms with Crippen LogP contribution in [0.1, 0.15) is 5.01 Å². The first-order valence-electron chi connectivity index (χ1n) is 3.62. The Morgan fingerprint density at radius 1 is 1.62 bits per heavy atom. The number of aromatic nitrogens is 3. The molecule has 0 aliphatic heterocycles. The third-order valence-electron chi connectivity index (χ3n) is 1.52. The molecule has 4 nitrogen and oxygen atoms in total. The summed E-state index contributed by atoms with van der Waals surface area (Å²) in [6, 6.07) is 0. The standard InChI is InChI=1S/C7H7BrN4S/c8-5-3-12(11-7(5)9)4-6-10-1-2-13-6/h1-3H,4H2,(H2,9,11). The lowest BCUT2D eigenvalue weighted by molar-refractivity contribution is 0.686. The van der Waals surface area contributed by atoms with E-state index in [9.17, 15) is 0 Å². The summed E-state index contributed by atoms with van der Waals surface area (Å²) in [6.07, 6.45) is 3.62. The van der Waals surface area contributed by atoms with Crippen molar-refractivity contribution in [1.82, 2.24) is 14.8 Å². The van der Waals surface area contributed by atoms with Crippen molar-refractivity contribution in [1.29, 1.82) is 0 Å². The molecule has 0 aliphatic carbocycles. The molecule has 2 N–H and O–H groups in total. The summed E-state index contributed by atoms with van der Waals surface area (Å²) < 4.78 is 2.59. The van der Waals surface area contributed by atoms with E-state index in [0.717, 1.165) is 9.48 Å². The minimum absolute atomic E-state index is 0.511. The van der Waals surface area contributed by atoms with Gasteiger partial charge in [0, 0.05) is 17.8 Å². The summed E-state index contributed by atoms with van der Waals surface area (Å²) >= 11 is 4.90. The molecule has 0 saturated carbocycles. The Labute approximate surface area is 87.5 Å². The minimum atomic E-state index is 0.511. The van der Waals surface area contributed by atoms with Gasteiger partial charge in [-0.15, -0.1) is 11.3 Å². The number of thiazole rings is 1. The monoisotopic (exact) mass is 258 g/mol. The average molecular weight is 259 g/mol. The van der Waals surface area contributed by atoms with Gasteiger partial charge in [0.25, 0.3) is 0 Å². The second-order valence-corrected chi connectivity index (χ2v) is 4.32. The van der Waals surface area contributed by atoms with Crippen molar-refractivity contribution in [3.63, 3.8) is 0 Å². The molecule has 2 aromatic heterocycles. The first-order valence-corrected chi connectivity index (χ1v) is 5.30. The van der Waals surface area contributed by atoms with Gasteiger partial charge in [0.05, 0.1) is 11.0 Å². The lowest BCUT2D eigenvalue weighted by Gasteiger charge is -1.94. The minimum Gasteiger partial charge on any atom is -0.381 e. The number of nitrogens with two attached hydrogens (primary N) is 1. The molecule has 68 valence electrons. The predicted octanol–water partition coefficient (Wildman–Crippen LogP) is 1.73. The van der Waals surface area contributed by atoms with Crippen LogP contribution in [0.25, 0.3) is 0 Å². The van der Waals surface area contributed by atoms with Gasteiger partial charge < -0.3 is 5.73 Å². The third-order valence-corrected chi connectivity index (χ3v) is 2.90. The topological polar surface area (TPSA) is 56.7 Å². The van der Waals surface area contributed by atoms with Crippen molar-refractivity contribution in [3.05, 3.63) is 27.3 Å². The molecular weight excluding hydrogens is 252 g/mol. The smallest absolute Gasteiger partial charge is 0.159 e. The fourth-order valence-electron chi connectivity index (χ4n) is 0.963. The van der Waals surface area contributed by atoms with Crippen LogP contribution in [0.4, 0.5) is 5.82 Å². The van der Waals surface area contributed by atoms with Gasteiger partial charge in [-0.05, 0) is 15.9 Å². The average Bonchev–Trinajstić information content (AvgIpc) is 2.64. The van der Waals surface area contributed by atoms with E-state index in [4.69, 9.17) is 5.73 Å². The molecule has 0 amide bonds. The van der Waals surface area contributed by atoms with Crippen molar-refractivity contribution in [3.8, 4) is 0 Å². The van der Waals surface area contributed by atoms with Crippen LogP contribution in [0.2, 0.25) is 0 Å². The highest BCUT2D eigenvalue weighted by atomic mass is 79.9. The highest BCUT2D eigenvalue weighted by Gasteiger charge is 2.03. The zero-order chi connectivity index (χ0) is 9.26. The molecule has 0 unspecified atom stereocenters. The third kappa shape index (κ3) is 1.89. The molecule has 0 fully saturated rings. The van der Waals surface area contributed by atoms with Gasteiger partial charge in [-0.2, -0.15) is 5.10 Å². The van der Waals surface area contributed by atoms with E-state index >= 15 is 0 Å². The summed E-state index contributed by atoms with van der Waals surface area (Å²) in [5.41, 5.74) is 5.57. The molecule has 0 aliphatic rings. The van der Waals surface area contributed by atoms with Crippen LogP contribution in [-0.4, -0.2) is 14.8 Å². The summed E-state index contributed by atoms with van der Waals surface area (Å²) in [5.74, 6) is 0.511. The van der Waals surface area contributed by atoms with Crippen molar-refractivity contribution in [2.75, 3.05) is 5.73 Å². The van der Waals surface area contributed by atoms with Crippen LogP contribution in [-0.2, 0) is 6.54 Å². The molecule has 0 aromatic carbocycles. The van der Waals surface area contributed by atoms with E-state index in [2.05, 4.69) is 26.0 Å². The number of hydrogen-bond acceptors (Lipinski definition) is 4. The Morgan fingerprint density at radius 3 is 3.00 bits per heavy atom. The molecular formula is C7H7BrN4S. The van der Waals surface area contributed by atoms with Crippen molar-refractivity contribution >= 4 is 33.1 Å². The molecule has 0 spiro atoms. The lowest BCUT2D eigenvalue weighted by Crippen LogP contribution is -2.00. The fourth-order valence-corrected chi connectivity index (χ4v) is 1.89. The van der Waals surface area contributed by atoms with Gasteiger partial charge >= 0.3 is 0 Å². The van der Waals surface area contributed by atoms with Gasteiger partial charge in [-0.3, -0.25) is 4.68 Å². The summed E-state index contributed by atoms with van der Waals surface area (Å²) in [5, 5.41) is 7.06. The molecule has 2 heterocycles. The Morgan fingerprint density at radius 2 is 2.46 bits per heavy atom. The Balaban J connectivity index is 2.19. The van der Waals surface area contributed by atoms with Crippen molar-refractivity contribution in [2.45, 2.75) is 6.54 Å². The summed E-state index contributed by atoms with van der Waals surface area (Å²) in [7, 11) is 0. The first-order chi connectivity index (χ1) is 6.25. The highest BCUT2D eigenvalue weighted by Crippen LogP contribution is 2.17. The number of nitrogens with zero attached hydrogens (tertiary/aromatic N) is 3. The molecule has 0 saturated heterocycles. The van der Waals surface area contributed by atoms with Crippen molar-refractivity contribution in [2.24, 2.45) is 0 Å². The molecule has 0 radical (unpaired) electrons. The van der Waals surface area contributed by atoms with Crippen LogP contribution >= 0.6 is 27.3 Å². The second kappa shape index (κ2) is 3.47. The lowest BCUT2D eigenvalue weighted by atomic mass is 10.6. The van der Waals surface area contributed by atoms with E-state index < -0.39 is 0 Å². The van der Waals surface area contributed by atoms with Gasteiger partial charge in [0.1, 0.15) is 5.01 Å². The van der Waals surface area contributed by atoms with E-state index in [1.165, 1.54) is 0 Å². The quantitative estimate of drug-likeness (QED) is 0.893. The Kier molecular flexibility index (Phi) is 2.32. The normalized spacial score (nSPS) is 10.5. The van der Waals surface area contributed by atoms with Crippen LogP contribution in [0.15, 0.2) is 22.2 Å². The first kappa shape index (κ1) is 8.71. The predicted molar refractivity (Wildman–Crippen MR) is 55.6 cm³/mol. The van der Waals surface area contributed by atoms with Crippen LogP contribution < -0.4 is 5.73 Å². The molecule has 0 bridgehead atoms. The van der Waals surface area contributed by atoms with Gasteiger partial charge in [0.15, 0.2) is 5.82 Å². The summed E-state index contributed by atoms with van der Waals surface area (Å²) in [4.78, 5) is 4.15. The van der Waals surface area contributed by atoms with Gasteiger partial charge in [-0.1, -0.05) is 0 Å². The van der Waals surface area contributed by atoms with Gasteiger partial charge in [-0.25, -0.2) is 4.98 Å². The van der Waals surface area contributed by atoms with Crippen molar-refractivity contribution < 1.29 is 0 Å². The van der Waals surface area contributed by atoms with Crippen LogP contribution in [0.5, 0.6) is 0 Å². The van der Waals surface area contributed by atoms with Crippen LogP contribution in [0.3, 0.4) is 0 Å². The SMILES string of the molecule is Nc1nn(Cc2nccs2)cc1Br. The zero-order valence-electron chi connectivity index (χ0n) is 6.64. The largest absolute Gasteiger partial charge is 0.381 e. The Bertz CT molecular complexity index is 375. The van der Waals surface area contributed by atoms with E-state index in [1.807, 2.05) is 11.6 Å².